The second-order valence-corrected chi connectivity index (χ2v) is 19.7. The van der Waals surface area contributed by atoms with Gasteiger partial charge in [-0.25, -0.2) is 0 Å². The molecule has 0 bridgehead atoms. The van der Waals surface area contributed by atoms with Gasteiger partial charge in [0, 0.05) is 33.8 Å². The van der Waals surface area contributed by atoms with Gasteiger partial charge in [-0.1, -0.05) is 224 Å². The van der Waals surface area contributed by atoms with Crippen LogP contribution in [0.5, 0.6) is 0 Å². The lowest BCUT2D eigenvalue weighted by molar-refractivity contribution is 1.29. The first-order valence-electron chi connectivity index (χ1n) is 26.1. The molecular weight excluding hydrogens is 917 g/mol. The van der Waals surface area contributed by atoms with Crippen LogP contribution in [-0.2, 0) is 0 Å². The molecule has 14 rings (SSSR count). The van der Waals surface area contributed by atoms with Gasteiger partial charge in [0.1, 0.15) is 0 Å². The van der Waals surface area contributed by atoms with Crippen molar-refractivity contribution in [2.24, 2.45) is 0 Å². The molecule has 0 aromatic heterocycles. The summed E-state index contributed by atoms with van der Waals surface area (Å²) < 4.78 is 0. The molecular formula is C74H50N2. The van der Waals surface area contributed by atoms with Gasteiger partial charge in [0.2, 0.25) is 0 Å². The summed E-state index contributed by atoms with van der Waals surface area (Å²) in [6.07, 6.45) is 8.71. The minimum atomic E-state index is 1.10. The molecule has 0 aliphatic carbocycles. The summed E-state index contributed by atoms with van der Waals surface area (Å²) in [5, 5.41) is 14.9. The average Bonchev–Trinajstić information content (AvgIpc) is 3.61. The fraction of sp³-hybridized carbons (Fsp3) is 0. The first kappa shape index (κ1) is 44.7. The largest absolute Gasteiger partial charge is 0.310 e. The molecule has 356 valence electrons. The molecule has 0 unspecified atom stereocenters. The lowest BCUT2D eigenvalue weighted by atomic mass is 9.87. The van der Waals surface area contributed by atoms with Crippen molar-refractivity contribution < 1.29 is 0 Å². The van der Waals surface area contributed by atoms with Crippen molar-refractivity contribution in [3.8, 4) is 11.1 Å². The third kappa shape index (κ3) is 8.19. The van der Waals surface area contributed by atoms with E-state index in [-0.39, 0.29) is 0 Å². The standard InChI is InChI=1S/C74H50N2/c1-5-15-51(16-6-1)25-27-53-29-38-63(39-30-53)75(61-20-9-3-10-21-61)65-49-58-35-33-56-47-60(48-57-34-36-59(50-65)73(58)72(56)57)67-45-46-71(70-44-43-68-66-24-14-13-19-55(66)37-42-69(68)74(67)70)76(62-22-11-4-12-23-62)64-40-31-54(32-41-64)28-26-52-17-7-2-8-18-52/h1-50H/b27-25+,28-26+. The first-order valence-corrected chi connectivity index (χ1v) is 26.1. The minimum absolute atomic E-state index is 1.10. The highest BCUT2D eigenvalue weighted by molar-refractivity contribution is 6.27. The molecule has 0 N–H and O–H groups in total. The molecule has 0 spiro atoms. The number of hydrogen-bond donors (Lipinski definition) is 0. The van der Waals surface area contributed by atoms with Gasteiger partial charge in [-0.2, -0.15) is 0 Å². The predicted octanol–water partition coefficient (Wildman–Crippen LogP) is 21.0. The molecule has 0 radical (unpaired) electrons. The molecule has 14 aromatic rings. The van der Waals surface area contributed by atoms with Crippen LogP contribution in [0, 0.1) is 0 Å². The summed E-state index contributed by atoms with van der Waals surface area (Å²) >= 11 is 0. The van der Waals surface area contributed by atoms with Crippen LogP contribution in [0.15, 0.2) is 279 Å². The van der Waals surface area contributed by atoms with Crippen molar-refractivity contribution in [2.45, 2.75) is 0 Å². The molecule has 0 saturated heterocycles. The molecule has 2 nitrogen and oxygen atoms in total. The zero-order valence-corrected chi connectivity index (χ0v) is 41.8. The maximum absolute atomic E-state index is 2.42. The number of fused-ring (bicyclic) bond motifs is 5. The Morgan fingerprint density at radius 2 is 0.632 bits per heavy atom. The Bertz CT molecular complexity index is 4400. The smallest absolute Gasteiger partial charge is 0.0540 e. The van der Waals surface area contributed by atoms with E-state index in [1.54, 1.807) is 0 Å². The lowest BCUT2D eigenvalue weighted by Gasteiger charge is -2.28. The molecule has 14 aromatic carbocycles. The third-order valence-corrected chi connectivity index (χ3v) is 15.1. The molecule has 0 aliphatic rings. The van der Waals surface area contributed by atoms with Crippen LogP contribution >= 0.6 is 0 Å². The van der Waals surface area contributed by atoms with Gasteiger partial charge in [0.05, 0.1) is 5.69 Å². The average molecular weight is 967 g/mol. The molecule has 76 heavy (non-hydrogen) atoms. The fourth-order valence-corrected chi connectivity index (χ4v) is 11.5. The first-order chi connectivity index (χ1) is 37.7. The van der Waals surface area contributed by atoms with E-state index in [0.717, 1.165) is 45.3 Å². The fourth-order valence-electron chi connectivity index (χ4n) is 11.5. The number of nitrogens with zero attached hydrogens (tertiary/aromatic N) is 2. The van der Waals surface area contributed by atoms with Gasteiger partial charge in [0.15, 0.2) is 0 Å². The van der Waals surface area contributed by atoms with E-state index >= 15 is 0 Å². The second kappa shape index (κ2) is 19.1. The van der Waals surface area contributed by atoms with Crippen molar-refractivity contribution in [3.05, 3.63) is 301 Å². The monoisotopic (exact) mass is 966 g/mol. The number of rotatable bonds is 11. The van der Waals surface area contributed by atoms with Crippen molar-refractivity contribution in [3.63, 3.8) is 0 Å². The van der Waals surface area contributed by atoms with E-state index < -0.39 is 0 Å². The molecule has 0 saturated carbocycles. The Morgan fingerprint density at radius 3 is 1.18 bits per heavy atom. The van der Waals surface area contributed by atoms with E-state index in [0.29, 0.717) is 0 Å². The van der Waals surface area contributed by atoms with Gasteiger partial charge in [-0.15, -0.1) is 0 Å². The van der Waals surface area contributed by atoms with Crippen LogP contribution in [0.25, 0.3) is 100 Å². The van der Waals surface area contributed by atoms with Crippen molar-refractivity contribution in [2.75, 3.05) is 9.80 Å². The Balaban J connectivity index is 0.898. The maximum Gasteiger partial charge on any atom is 0.0540 e. The van der Waals surface area contributed by atoms with Crippen molar-refractivity contribution >= 4 is 123 Å². The Kier molecular flexibility index (Phi) is 11.2. The summed E-state index contributed by atoms with van der Waals surface area (Å²) in [5.41, 5.74) is 13.7. The van der Waals surface area contributed by atoms with E-state index in [1.807, 2.05) is 0 Å². The third-order valence-electron chi connectivity index (χ3n) is 15.1. The highest BCUT2D eigenvalue weighted by Crippen LogP contribution is 2.48. The van der Waals surface area contributed by atoms with Gasteiger partial charge in [0.25, 0.3) is 0 Å². The van der Waals surface area contributed by atoms with Crippen LogP contribution in [0.3, 0.4) is 0 Å². The summed E-state index contributed by atoms with van der Waals surface area (Å²) in [6, 6.07) is 102. The number of anilines is 6. The van der Waals surface area contributed by atoms with Crippen molar-refractivity contribution in [1.29, 1.82) is 0 Å². The van der Waals surface area contributed by atoms with Gasteiger partial charge < -0.3 is 9.80 Å². The summed E-state index contributed by atoms with van der Waals surface area (Å²) in [5.74, 6) is 0. The Hall–Kier alpha value is -10.0. The zero-order chi connectivity index (χ0) is 50.4. The van der Waals surface area contributed by atoms with E-state index in [2.05, 4.69) is 313 Å². The highest BCUT2D eigenvalue weighted by Gasteiger charge is 2.22. The topological polar surface area (TPSA) is 6.48 Å². The van der Waals surface area contributed by atoms with Crippen LogP contribution in [0.4, 0.5) is 34.1 Å². The quantitative estimate of drug-likeness (QED) is 0.0941. The van der Waals surface area contributed by atoms with Crippen LogP contribution in [0.2, 0.25) is 0 Å². The van der Waals surface area contributed by atoms with Crippen molar-refractivity contribution in [1.82, 2.24) is 0 Å². The second-order valence-electron chi connectivity index (χ2n) is 19.7. The molecule has 0 fully saturated rings. The lowest BCUT2D eigenvalue weighted by Crippen LogP contribution is -2.10. The number of para-hydroxylation sites is 2. The summed E-state index contributed by atoms with van der Waals surface area (Å²) in [4.78, 5) is 4.79. The Labute approximate surface area is 443 Å². The zero-order valence-electron chi connectivity index (χ0n) is 41.8. The summed E-state index contributed by atoms with van der Waals surface area (Å²) in [6.45, 7) is 0. The van der Waals surface area contributed by atoms with Gasteiger partial charge in [-0.05, 0) is 171 Å². The van der Waals surface area contributed by atoms with Gasteiger partial charge >= 0.3 is 0 Å². The van der Waals surface area contributed by atoms with Crippen LogP contribution < -0.4 is 9.80 Å². The van der Waals surface area contributed by atoms with Crippen LogP contribution in [-0.4, -0.2) is 0 Å². The Morgan fingerprint density at radius 1 is 0.224 bits per heavy atom. The predicted molar refractivity (Wildman–Crippen MR) is 328 cm³/mol. The molecule has 0 heterocycles. The van der Waals surface area contributed by atoms with E-state index in [1.165, 1.54) is 86.9 Å². The highest BCUT2D eigenvalue weighted by atomic mass is 15.1. The molecule has 2 heteroatoms. The maximum atomic E-state index is 2.42. The molecule has 0 atom stereocenters. The number of benzene rings is 14. The van der Waals surface area contributed by atoms with E-state index in [9.17, 15) is 0 Å². The van der Waals surface area contributed by atoms with Gasteiger partial charge in [-0.3, -0.25) is 0 Å². The summed E-state index contributed by atoms with van der Waals surface area (Å²) in [7, 11) is 0. The SMILES string of the molecule is C(=C\c1ccc(N(c2ccccc2)c2cc3ccc4cc(-c5ccc(N(c6ccccc6)c6ccc(/C=C/c7ccccc7)cc6)c6ccc7c8ccccc8ccc7c56)cc5ccc(c2)c3c45)cc1)/c1ccccc1. The minimum Gasteiger partial charge on any atom is -0.310 e. The molecule has 0 amide bonds. The normalized spacial score (nSPS) is 11.8. The van der Waals surface area contributed by atoms with E-state index in [4.69, 9.17) is 0 Å². The van der Waals surface area contributed by atoms with Crippen LogP contribution in [0.1, 0.15) is 22.3 Å². The number of hydrogen-bond acceptors (Lipinski definition) is 2. The molecule has 0 aliphatic heterocycles.